The van der Waals surface area contributed by atoms with Crippen LogP contribution >= 0.6 is 34.5 Å². The molecule has 1 aromatic heterocycles. The minimum absolute atomic E-state index is 0.180. The number of thiophene rings is 1. The van der Waals surface area contributed by atoms with E-state index in [4.69, 9.17) is 27.9 Å². The molecule has 0 saturated carbocycles. The Balaban J connectivity index is 2.33. The number of hydrogen-bond acceptors (Lipinski definition) is 4. The zero-order valence-electron chi connectivity index (χ0n) is 10.2. The summed E-state index contributed by atoms with van der Waals surface area (Å²) in [5, 5.41) is 2.24. The summed E-state index contributed by atoms with van der Waals surface area (Å²) < 4.78 is 32.6. The Morgan fingerprint density at radius 1 is 1.30 bits per heavy atom. The number of methoxy groups -OCH3 is 1. The lowest BCUT2D eigenvalue weighted by Gasteiger charge is -2.06. The molecule has 0 amide bonds. The first-order chi connectivity index (χ1) is 9.44. The van der Waals surface area contributed by atoms with Gasteiger partial charge in [-0.15, -0.1) is 11.3 Å². The van der Waals surface area contributed by atoms with E-state index in [2.05, 4.69) is 4.40 Å². The Morgan fingerprint density at radius 2 is 1.95 bits per heavy atom. The molecule has 0 spiro atoms. The lowest BCUT2D eigenvalue weighted by Crippen LogP contribution is -1.95. The van der Waals surface area contributed by atoms with Crippen molar-refractivity contribution in [2.45, 2.75) is 4.21 Å². The van der Waals surface area contributed by atoms with Crippen molar-refractivity contribution in [3.05, 3.63) is 45.3 Å². The van der Waals surface area contributed by atoms with Gasteiger partial charge in [0.05, 0.1) is 17.2 Å². The van der Waals surface area contributed by atoms with E-state index in [1.807, 2.05) is 0 Å². The van der Waals surface area contributed by atoms with Crippen LogP contribution in [0.4, 0.5) is 0 Å². The summed E-state index contributed by atoms with van der Waals surface area (Å²) in [4.78, 5) is 0. The van der Waals surface area contributed by atoms with Gasteiger partial charge in [-0.05, 0) is 29.1 Å². The first kappa shape index (κ1) is 15.3. The first-order valence-corrected chi connectivity index (χ1v) is 8.38. The van der Waals surface area contributed by atoms with Gasteiger partial charge in [0.2, 0.25) is 0 Å². The summed E-state index contributed by atoms with van der Waals surface area (Å²) in [7, 11) is -2.24. The molecule has 0 aliphatic carbocycles. The van der Waals surface area contributed by atoms with E-state index in [1.165, 1.54) is 31.5 Å². The largest absolute Gasteiger partial charge is 0.494 e. The number of rotatable bonds is 4. The van der Waals surface area contributed by atoms with Crippen LogP contribution in [-0.4, -0.2) is 21.7 Å². The molecule has 0 atom stereocenters. The summed E-state index contributed by atoms with van der Waals surface area (Å²) in [6.45, 7) is 0. The monoisotopic (exact) mass is 349 g/mol. The number of ether oxygens (including phenoxy) is 1. The van der Waals surface area contributed by atoms with E-state index in [1.54, 1.807) is 11.4 Å². The summed E-state index contributed by atoms with van der Waals surface area (Å²) in [6.07, 6.45) is 1.20. The average Bonchev–Trinajstić information content (AvgIpc) is 2.91. The van der Waals surface area contributed by atoms with Crippen molar-refractivity contribution in [3.8, 4) is 5.75 Å². The predicted octanol–water partition coefficient (Wildman–Crippen LogP) is 3.87. The van der Waals surface area contributed by atoms with Crippen molar-refractivity contribution in [3.63, 3.8) is 0 Å². The third kappa shape index (κ3) is 3.32. The van der Waals surface area contributed by atoms with Gasteiger partial charge in [-0.3, -0.25) is 0 Å². The highest BCUT2D eigenvalue weighted by Crippen LogP contribution is 2.33. The Labute approximate surface area is 130 Å². The second-order valence-corrected chi connectivity index (χ2v) is 7.28. The molecule has 0 fully saturated rings. The fourth-order valence-electron chi connectivity index (χ4n) is 1.44. The highest BCUT2D eigenvalue weighted by Gasteiger charge is 2.13. The minimum atomic E-state index is -3.69. The number of halogens is 2. The molecule has 0 saturated heterocycles. The molecular formula is C12H9Cl2NO3S2. The van der Waals surface area contributed by atoms with Gasteiger partial charge in [-0.25, -0.2) is 0 Å². The van der Waals surface area contributed by atoms with Gasteiger partial charge in [0, 0.05) is 6.21 Å². The number of sulfonamides is 1. The van der Waals surface area contributed by atoms with Crippen molar-refractivity contribution >= 4 is 50.8 Å². The maximum Gasteiger partial charge on any atom is 0.291 e. The SMILES string of the molecule is COc1c(Cl)cc(/C=N\S(=O)(=O)c2cccs2)cc1Cl. The van der Waals surface area contributed by atoms with E-state index in [0.29, 0.717) is 11.3 Å². The van der Waals surface area contributed by atoms with Gasteiger partial charge in [-0.1, -0.05) is 29.3 Å². The summed E-state index contributed by atoms with van der Waals surface area (Å²) in [5.74, 6) is 0.339. The topological polar surface area (TPSA) is 55.7 Å². The molecule has 8 heteroatoms. The quantitative estimate of drug-likeness (QED) is 0.787. The van der Waals surface area contributed by atoms with Crippen LogP contribution in [-0.2, 0) is 10.0 Å². The third-order valence-electron chi connectivity index (χ3n) is 2.31. The zero-order chi connectivity index (χ0) is 14.8. The van der Waals surface area contributed by atoms with Crippen LogP contribution < -0.4 is 4.74 Å². The van der Waals surface area contributed by atoms with E-state index in [0.717, 1.165) is 11.3 Å². The second kappa shape index (κ2) is 6.13. The molecule has 20 heavy (non-hydrogen) atoms. The minimum Gasteiger partial charge on any atom is -0.494 e. The molecular weight excluding hydrogens is 341 g/mol. The Hall–Kier alpha value is -1.08. The van der Waals surface area contributed by atoms with Crippen LogP contribution in [0.25, 0.3) is 0 Å². The Bertz CT molecular complexity index is 717. The molecule has 2 aromatic rings. The van der Waals surface area contributed by atoms with Crippen molar-refractivity contribution < 1.29 is 13.2 Å². The standard InChI is InChI=1S/C12H9Cl2NO3S2/c1-18-12-9(13)5-8(6-10(12)14)7-15-20(16,17)11-3-2-4-19-11/h2-7H,1H3/b15-7-. The molecule has 4 nitrogen and oxygen atoms in total. The van der Waals surface area contributed by atoms with Crippen LogP contribution in [0, 0.1) is 0 Å². The summed E-state index contributed by atoms with van der Waals surface area (Å²) in [5.41, 5.74) is 0.473. The lowest BCUT2D eigenvalue weighted by atomic mass is 10.2. The fourth-order valence-corrected chi connectivity index (χ4v) is 3.95. The van der Waals surface area contributed by atoms with E-state index < -0.39 is 10.0 Å². The normalized spacial score (nSPS) is 11.9. The second-order valence-electron chi connectivity index (χ2n) is 3.66. The predicted molar refractivity (Wildman–Crippen MR) is 82.1 cm³/mol. The van der Waals surface area contributed by atoms with E-state index in [-0.39, 0.29) is 14.3 Å². The number of nitrogens with zero attached hydrogens (tertiary/aromatic N) is 1. The van der Waals surface area contributed by atoms with Crippen molar-refractivity contribution in [1.82, 2.24) is 0 Å². The van der Waals surface area contributed by atoms with E-state index in [9.17, 15) is 8.42 Å². The zero-order valence-corrected chi connectivity index (χ0v) is 13.4. The average molecular weight is 350 g/mol. The Morgan fingerprint density at radius 3 is 2.45 bits per heavy atom. The van der Waals surface area contributed by atoms with Crippen LogP contribution in [0.2, 0.25) is 10.0 Å². The number of hydrogen-bond donors (Lipinski definition) is 0. The van der Waals surface area contributed by atoms with Gasteiger partial charge >= 0.3 is 0 Å². The lowest BCUT2D eigenvalue weighted by molar-refractivity contribution is 0.415. The molecule has 0 radical (unpaired) electrons. The highest BCUT2D eigenvalue weighted by atomic mass is 35.5. The first-order valence-electron chi connectivity index (χ1n) is 5.31. The van der Waals surface area contributed by atoms with Gasteiger partial charge in [0.25, 0.3) is 10.0 Å². The maximum absolute atomic E-state index is 11.9. The summed E-state index contributed by atoms with van der Waals surface area (Å²) in [6, 6.07) is 6.19. The van der Waals surface area contributed by atoms with Crippen LogP contribution in [0.1, 0.15) is 5.56 Å². The third-order valence-corrected chi connectivity index (χ3v) is 5.49. The van der Waals surface area contributed by atoms with E-state index >= 15 is 0 Å². The molecule has 1 aromatic carbocycles. The Kier molecular flexibility index (Phi) is 4.70. The van der Waals surface area contributed by atoms with Crippen LogP contribution in [0.3, 0.4) is 0 Å². The molecule has 2 rings (SSSR count). The highest BCUT2D eigenvalue weighted by molar-refractivity contribution is 7.92. The van der Waals surface area contributed by atoms with Crippen molar-refractivity contribution in [2.75, 3.05) is 7.11 Å². The molecule has 0 aliphatic rings. The van der Waals surface area contributed by atoms with Gasteiger partial charge in [0.1, 0.15) is 4.21 Å². The van der Waals surface area contributed by atoms with Gasteiger partial charge in [0.15, 0.2) is 5.75 Å². The van der Waals surface area contributed by atoms with Crippen LogP contribution in [0.5, 0.6) is 5.75 Å². The molecule has 0 bridgehead atoms. The van der Waals surface area contributed by atoms with Crippen molar-refractivity contribution in [2.24, 2.45) is 4.40 Å². The van der Waals surface area contributed by atoms with Gasteiger partial charge in [-0.2, -0.15) is 12.8 Å². The summed E-state index contributed by atoms with van der Waals surface area (Å²) >= 11 is 13.0. The molecule has 1 heterocycles. The maximum atomic E-state index is 11.9. The smallest absolute Gasteiger partial charge is 0.291 e. The van der Waals surface area contributed by atoms with Crippen molar-refractivity contribution in [1.29, 1.82) is 0 Å². The van der Waals surface area contributed by atoms with Crippen LogP contribution in [0.15, 0.2) is 38.3 Å². The molecule has 0 N–H and O–H groups in total. The van der Waals surface area contributed by atoms with Gasteiger partial charge < -0.3 is 4.74 Å². The molecule has 0 aliphatic heterocycles. The fraction of sp³-hybridized carbons (Fsp3) is 0.0833. The molecule has 106 valence electrons. The molecule has 0 unspecified atom stereocenters. The number of benzene rings is 1.